The van der Waals surface area contributed by atoms with E-state index in [4.69, 9.17) is 14.2 Å². The van der Waals surface area contributed by atoms with E-state index in [-0.39, 0.29) is 18.8 Å². The molecule has 0 unspecified atom stereocenters. The molecule has 1 aromatic heterocycles. The van der Waals surface area contributed by atoms with E-state index < -0.39 is 5.97 Å². The van der Waals surface area contributed by atoms with Crippen LogP contribution in [-0.2, 0) is 16.0 Å². The lowest BCUT2D eigenvalue weighted by Gasteiger charge is -2.09. The number of methoxy groups -OCH3 is 2. The first kappa shape index (κ1) is 20.1. The number of aryl methyl sites for hydroxylation is 1. The van der Waals surface area contributed by atoms with Gasteiger partial charge in [-0.3, -0.25) is 9.59 Å². The lowest BCUT2D eigenvalue weighted by molar-refractivity contribution is -0.142. The molecule has 0 spiro atoms. The van der Waals surface area contributed by atoms with Gasteiger partial charge in [-0.2, -0.15) is 5.10 Å². The van der Waals surface area contributed by atoms with E-state index in [0.29, 0.717) is 23.5 Å². The number of esters is 1. The summed E-state index contributed by atoms with van der Waals surface area (Å²) in [5.41, 5.74) is 2.25. The zero-order valence-electron chi connectivity index (χ0n) is 16.3. The van der Waals surface area contributed by atoms with Crippen molar-refractivity contribution >= 4 is 11.8 Å². The Bertz CT molecular complexity index is 982. The molecule has 0 bridgehead atoms. The third-order valence-corrected chi connectivity index (χ3v) is 4.34. The average molecular weight is 394 g/mol. The van der Waals surface area contributed by atoms with Gasteiger partial charge in [-0.25, -0.2) is 4.68 Å². The normalized spacial score (nSPS) is 10.4. The summed E-state index contributed by atoms with van der Waals surface area (Å²) >= 11 is 0. The van der Waals surface area contributed by atoms with Gasteiger partial charge in [0.25, 0.3) is 0 Å². The van der Waals surface area contributed by atoms with E-state index in [2.05, 4.69) is 5.10 Å². The second kappa shape index (κ2) is 9.54. The van der Waals surface area contributed by atoms with Gasteiger partial charge in [0.2, 0.25) is 0 Å². The maximum atomic E-state index is 12.3. The fourth-order valence-electron chi connectivity index (χ4n) is 2.77. The maximum absolute atomic E-state index is 12.3. The minimum absolute atomic E-state index is 0.166. The van der Waals surface area contributed by atoms with Gasteiger partial charge in [-0.05, 0) is 42.3 Å². The van der Waals surface area contributed by atoms with Crippen LogP contribution in [0.1, 0.15) is 22.3 Å². The summed E-state index contributed by atoms with van der Waals surface area (Å²) in [4.78, 5) is 24.3. The summed E-state index contributed by atoms with van der Waals surface area (Å²) in [5, 5.41) is 4.30. The molecule has 1 heterocycles. The first-order valence-electron chi connectivity index (χ1n) is 9.10. The van der Waals surface area contributed by atoms with E-state index >= 15 is 0 Å². The minimum atomic E-state index is -0.439. The van der Waals surface area contributed by atoms with Gasteiger partial charge >= 0.3 is 5.97 Å². The molecule has 0 aliphatic heterocycles. The third kappa shape index (κ3) is 5.22. The van der Waals surface area contributed by atoms with Crippen LogP contribution in [0.2, 0.25) is 0 Å². The van der Waals surface area contributed by atoms with Crippen LogP contribution in [0, 0.1) is 0 Å². The molecule has 3 rings (SSSR count). The van der Waals surface area contributed by atoms with Crippen molar-refractivity contribution in [3.63, 3.8) is 0 Å². The molecule has 0 saturated heterocycles. The van der Waals surface area contributed by atoms with E-state index in [1.165, 1.54) is 14.2 Å². The van der Waals surface area contributed by atoms with Crippen molar-refractivity contribution in [1.82, 2.24) is 9.78 Å². The van der Waals surface area contributed by atoms with E-state index in [0.717, 1.165) is 11.3 Å². The molecule has 0 aliphatic carbocycles. The summed E-state index contributed by atoms with van der Waals surface area (Å²) in [7, 11) is 3.01. The largest absolute Gasteiger partial charge is 0.493 e. The molecule has 150 valence electrons. The summed E-state index contributed by atoms with van der Waals surface area (Å²) in [6.45, 7) is -0.322. The lowest BCUT2D eigenvalue weighted by Crippen LogP contribution is -2.14. The van der Waals surface area contributed by atoms with Crippen molar-refractivity contribution in [2.75, 3.05) is 20.8 Å². The van der Waals surface area contributed by atoms with Gasteiger partial charge in [0.05, 0.1) is 26.1 Å². The van der Waals surface area contributed by atoms with Gasteiger partial charge in [0.1, 0.15) is 0 Å². The zero-order valence-corrected chi connectivity index (χ0v) is 16.3. The molecule has 0 atom stereocenters. The van der Waals surface area contributed by atoms with Gasteiger partial charge in [0, 0.05) is 18.2 Å². The summed E-state index contributed by atoms with van der Waals surface area (Å²) < 4.78 is 17.2. The Labute approximate surface area is 168 Å². The fourth-order valence-corrected chi connectivity index (χ4v) is 2.77. The summed E-state index contributed by atoms with van der Waals surface area (Å²) in [5.74, 6) is 0.222. The Balaban J connectivity index is 1.49. The molecule has 7 nitrogen and oxygen atoms in total. The number of rotatable bonds is 9. The predicted octanol–water partition coefficient (Wildman–Crippen LogP) is 3.25. The number of benzene rings is 2. The van der Waals surface area contributed by atoms with Crippen LogP contribution < -0.4 is 9.47 Å². The minimum Gasteiger partial charge on any atom is -0.493 e. The Kier molecular flexibility index (Phi) is 6.63. The first-order valence-corrected chi connectivity index (χ1v) is 9.10. The molecular weight excluding hydrogens is 372 g/mol. The maximum Gasteiger partial charge on any atom is 0.306 e. The number of ether oxygens (including phenoxy) is 3. The molecule has 3 aromatic rings. The van der Waals surface area contributed by atoms with Crippen molar-refractivity contribution < 1.29 is 23.8 Å². The van der Waals surface area contributed by atoms with Crippen molar-refractivity contribution in [3.05, 3.63) is 72.1 Å². The monoisotopic (exact) mass is 394 g/mol. The number of carbonyl (C=O) groups excluding carboxylic acids is 2. The Morgan fingerprint density at radius 3 is 2.48 bits per heavy atom. The molecule has 0 amide bonds. The molecule has 0 fully saturated rings. The molecule has 2 aromatic carbocycles. The highest BCUT2D eigenvalue weighted by Crippen LogP contribution is 2.27. The SMILES string of the molecule is COc1ccc(C(=O)COC(=O)CCc2cnn(-c3ccccc3)c2)cc1OC. The van der Waals surface area contributed by atoms with Crippen LogP contribution in [0.5, 0.6) is 11.5 Å². The highest BCUT2D eigenvalue weighted by atomic mass is 16.5. The quantitative estimate of drug-likeness (QED) is 0.409. The zero-order chi connectivity index (χ0) is 20.6. The highest BCUT2D eigenvalue weighted by Gasteiger charge is 2.13. The number of para-hydroxylation sites is 1. The summed E-state index contributed by atoms with van der Waals surface area (Å²) in [6.07, 6.45) is 4.24. The summed E-state index contributed by atoms with van der Waals surface area (Å²) in [6, 6.07) is 14.5. The topological polar surface area (TPSA) is 79.7 Å². The molecule has 0 aliphatic rings. The molecule has 0 radical (unpaired) electrons. The van der Waals surface area contributed by atoms with Crippen LogP contribution in [0.25, 0.3) is 5.69 Å². The Morgan fingerprint density at radius 2 is 1.76 bits per heavy atom. The van der Waals surface area contributed by atoms with Crippen LogP contribution in [0.4, 0.5) is 0 Å². The second-order valence-electron chi connectivity index (χ2n) is 6.28. The van der Waals surface area contributed by atoms with Crippen LogP contribution in [-0.4, -0.2) is 42.4 Å². The number of hydrogen-bond acceptors (Lipinski definition) is 6. The first-order chi connectivity index (χ1) is 14.1. The predicted molar refractivity (Wildman–Crippen MR) is 107 cm³/mol. The molecule has 7 heteroatoms. The average Bonchev–Trinajstić information content (AvgIpc) is 3.25. The third-order valence-electron chi connectivity index (χ3n) is 4.34. The fraction of sp³-hybridized carbons (Fsp3) is 0.227. The number of nitrogens with zero attached hydrogens (tertiary/aromatic N) is 2. The highest BCUT2D eigenvalue weighted by molar-refractivity contribution is 5.98. The number of aromatic nitrogens is 2. The van der Waals surface area contributed by atoms with E-state index in [9.17, 15) is 9.59 Å². The van der Waals surface area contributed by atoms with Gasteiger partial charge < -0.3 is 14.2 Å². The van der Waals surface area contributed by atoms with Crippen molar-refractivity contribution in [1.29, 1.82) is 0 Å². The van der Waals surface area contributed by atoms with Crippen LogP contribution >= 0.6 is 0 Å². The second-order valence-corrected chi connectivity index (χ2v) is 6.28. The van der Waals surface area contributed by atoms with E-state index in [1.54, 1.807) is 29.1 Å². The van der Waals surface area contributed by atoms with Gasteiger partial charge in [-0.15, -0.1) is 0 Å². The van der Waals surface area contributed by atoms with Crippen molar-refractivity contribution in [2.24, 2.45) is 0 Å². The number of carbonyl (C=O) groups is 2. The number of Topliss-reactive ketones (excluding diaryl/α,β-unsaturated/α-hetero) is 1. The van der Waals surface area contributed by atoms with Gasteiger partial charge in [0.15, 0.2) is 23.9 Å². The van der Waals surface area contributed by atoms with Crippen molar-refractivity contribution in [2.45, 2.75) is 12.8 Å². The standard InChI is InChI=1S/C22H22N2O5/c1-27-20-10-9-17(12-21(20)28-2)19(25)15-29-22(26)11-8-16-13-23-24(14-16)18-6-4-3-5-7-18/h3-7,9-10,12-14H,8,11,15H2,1-2H3. The van der Waals surface area contributed by atoms with Crippen LogP contribution in [0.3, 0.4) is 0 Å². The number of ketones is 1. The molecule has 0 saturated carbocycles. The molecule has 29 heavy (non-hydrogen) atoms. The van der Waals surface area contributed by atoms with Gasteiger partial charge in [-0.1, -0.05) is 18.2 Å². The Morgan fingerprint density at radius 1 is 1.00 bits per heavy atom. The van der Waals surface area contributed by atoms with Crippen LogP contribution in [0.15, 0.2) is 60.9 Å². The lowest BCUT2D eigenvalue weighted by atomic mass is 10.1. The number of hydrogen-bond donors (Lipinski definition) is 0. The molecular formula is C22H22N2O5. The van der Waals surface area contributed by atoms with E-state index in [1.807, 2.05) is 36.5 Å². The Hall–Kier alpha value is -3.61. The van der Waals surface area contributed by atoms with Crippen molar-refractivity contribution in [3.8, 4) is 17.2 Å². The molecule has 0 N–H and O–H groups in total. The smallest absolute Gasteiger partial charge is 0.306 e.